The molecule has 0 bridgehead atoms. The predicted molar refractivity (Wildman–Crippen MR) is 61.1 cm³/mol. The Morgan fingerprint density at radius 1 is 0.938 bits per heavy atom. The van der Waals surface area contributed by atoms with Crippen molar-refractivity contribution in [3.63, 3.8) is 0 Å². The summed E-state index contributed by atoms with van der Waals surface area (Å²) in [7, 11) is -6.07. The van der Waals surface area contributed by atoms with Gasteiger partial charge in [-0.1, -0.05) is 0 Å². The molecule has 0 aliphatic rings. The standard InChI is InChI=1S/C5H12ClNO6S3/c1-14(8,9)4-5-16(12,13)7-2-3-15(6,10)11/h7H,2-5H2,1H3. The minimum absolute atomic E-state index is 0.377. The van der Waals surface area contributed by atoms with Crippen molar-refractivity contribution in [2.24, 2.45) is 0 Å². The third-order valence-electron chi connectivity index (χ3n) is 1.39. The van der Waals surface area contributed by atoms with Gasteiger partial charge in [0, 0.05) is 23.5 Å². The fourth-order valence-corrected chi connectivity index (χ4v) is 4.00. The van der Waals surface area contributed by atoms with Gasteiger partial charge in [0.15, 0.2) is 0 Å². The van der Waals surface area contributed by atoms with Crippen LogP contribution in [0.15, 0.2) is 0 Å². The molecular formula is C5H12ClNO6S3. The topological polar surface area (TPSA) is 114 Å². The van der Waals surface area contributed by atoms with Crippen LogP contribution in [0.4, 0.5) is 0 Å². The van der Waals surface area contributed by atoms with Crippen molar-refractivity contribution in [2.75, 3.05) is 30.1 Å². The molecule has 0 amide bonds. The molecule has 0 radical (unpaired) electrons. The van der Waals surface area contributed by atoms with Gasteiger partial charge in [-0.15, -0.1) is 0 Å². The van der Waals surface area contributed by atoms with Crippen LogP contribution in [0.25, 0.3) is 0 Å². The van der Waals surface area contributed by atoms with Crippen LogP contribution in [0.1, 0.15) is 0 Å². The first kappa shape index (κ1) is 16.1. The maximum atomic E-state index is 11.1. The molecule has 0 aromatic carbocycles. The summed E-state index contributed by atoms with van der Waals surface area (Å²) in [5.74, 6) is -1.67. The zero-order valence-electron chi connectivity index (χ0n) is 8.38. The molecule has 0 spiro atoms. The molecule has 16 heavy (non-hydrogen) atoms. The molecule has 0 saturated heterocycles. The summed E-state index contributed by atoms with van der Waals surface area (Å²) in [4.78, 5) is 0. The van der Waals surface area contributed by atoms with Gasteiger partial charge < -0.3 is 0 Å². The highest BCUT2D eigenvalue weighted by Gasteiger charge is 2.15. The molecule has 1 N–H and O–H groups in total. The molecular weight excluding hydrogens is 302 g/mol. The van der Waals surface area contributed by atoms with Gasteiger partial charge in [-0.05, 0) is 0 Å². The van der Waals surface area contributed by atoms with Crippen molar-refractivity contribution in [1.82, 2.24) is 4.72 Å². The lowest BCUT2D eigenvalue weighted by Gasteiger charge is -2.04. The van der Waals surface area contributed by atoms with Crippen molar-refractivity contribution in [3.8, 4) is 0 Å². The number of sulfonamides is 1. The SMILES string of the molecule is CS(=O)(=O)CCS(=O)(=O)NCCS(=O)(=O)Cl. The van der Waals surface area contributed by atoms with Gasteiger partial charge in [0.25, 0.3) is 0 Å². The summed E-state index contributed by atoms with van der Waals surface area (Å²) in [6.07, 6.45) is 0.908. The van der Waals surface area contributed by atoms with Gasteiger partial charge in [0.2, 0.25) is 19.1 Å². The maximum absolute atomic E-state index is 11.1. The van der Waals surface area contributed by atoms with E-state index in [-0.39, 0.29) is 6.54 Å². The smallest absolute Gasteiger partial charge is 0.229 e. The Bertz CT molecular complexity index is 519. The van der Waals surface area contributed by atoms with E-state index in [1.165, 1.54) is 0 Å². The Labute approximate surface area is 99.6 Å². The fraction of sp³-hybridized carbons (Fsp3) is 1.00. The maximum Gasteiger partial charge on any atom is 0.233 e. The molecule has 0 heterocycles. The van der Waals surface area contributed by atoms with Gasteiger partial charge in [-0.25, -0.2) is 30.0 Å². The predicted octanol–water partition coefficient (Wildman–Crippen LogP) is -1.48. The first-order valence-corrected chi connectivity index (χ1v) is 10.2. The van der Waals surface area contributed by atoms with E-state index >= 15 is 0 Å². The van der Waals surface area contributed by atoms with Crippen LogP contribution < -0.4 is 4.72 Å². The summed E-state index contributed by atoms with van der Waals surface area (Å²) < 4.78 is 66.6. The minimum atomic E-state index is -3.79. The highest BCUT2D eigenvalue weighted by Crippen LogP contribution is 1.95. The van der Waals surface area contributed by atoms with E-state index in [2.05, 4.69) is 0 Å². The van der Waals surface area contributed by atoms with E-state index in [1.54, 1.807) is 0 Å². The molecule has 0 aromatic heterocycles. The summed E-state index contributed by atoms with van der Waals surface area (Å²) in [5.41, 5.74) is 0. The summed E-state index contributed by atoms with van der Waals surface area (Å²) >= 11 is 0. The van der Waals surface area contributed by atoms with Crippen LogP contribution in [0.5, 0.6) is 0 Å². The number of hydrogen-bond donors (Lipinski definition) is 1. The first-order chi connectivity index (χ1) is 6.91. The Morgan fingerprint density at radius 3 is 1.81 bits per heavy atom. The first-order valence-electron chi connectivity index (χ1n) is 3.99. The second-order valence-electron chi connectivity index (χ2n) is 3.09. The highest BCUT2D eigenvalue weighted by molar-refractivity contribution is 8.13. The van der Waals surface area contributed by atoms with Crippen molar-refractivity contribution in [3.05, 3.63) is 0 Å². The van der Waals surface area contributed by atoms with Crippen LogP contribution in [0.2, 0.25) is 0 Å². The third kappa shape index (κ3) is 10.6. The van der Waals surface area contributed by atoms with Crippen LogP contribution >= 0.6 is 10.7 Å². The van der Waals surface area contributed by atoms with Crippen LogP contribution in [0.3, 0.4) is 0 Å². The number of hydrogen-bond acceptors (Lipinski definition) is 6. The molecule has 0 rings (SSSR count). The summed E-state index contributed by atoms with van der Waals surface area (Å²) in [6.45, 7) is -0.377. The largest absolute Gasteiger partial charge is 0.233 e. The van der Waals surface area contributed by atoms with Gasteiger partial charge in [-0.2, -0.15) is 0 Å². The molecule has 0 saturated carbocycles. The van der Waals surface area contributed by atoms with E-state index in [9.17, 15) is 25.3 Å². The van der Waals surface area contributed by atoms with Gasteiger partial charge in [-0.3, -0.25) is 0 Å². The molecule has 0 aromatic rings. The zero-order chi connectivity index (χ0) is 13.0. The van der Waals surface area contributed by atoms with Crippen LogP contribution in [0, 0.1) is 0 Å². The Hall–Kier alpha value is 0.1000. The molecule has 0 aliphatic heterocycles. The molecule has 0 fully saturated rings. The fourth-order valence-electron chi connectivity index (χ4n) is 0.652. The number of halogens is 1. The summed E-state index contributed by atoms with van der Waals surface area (Å²) in [5, 5.41) is 0. The molecule has 98 valence electrons. The second-order valence-corrected chi connectivity index (χ2v) is 10.2. The van der Waals surface area contributed by atoms with Gasteiger partial charge in [0.05, 0.1) is 17.3 Å². The molecule has 0 unspecified atom stereocenters. The average molecular weight is 314 g/mol. The quantitative estimate of drug-likeness (QED) is 0.573. The van der Waals surface area contributed by atoms with Crippen molar-refractivity contribution in [1.29, 1.82) is 0 Å². The molecule has 11 heteroatoms. The van der Waals surface area contributed by atoms with Crippen LogP contribution in [-0.2, 0) is 28.9 Å². The van der Waals surface area contributed by atoms with Crippen molar-refractivity contribution >= 4 is 39.6 Å². The van der Waals surface area contributed by atoms with E-state index in [0.717, 1.165) is 6.26 Å². The van der Waals surface area contributed by atoms with E-state index < -0.39 is 46.2 Å². The lowest BCUT2D eigenvalue weighted by atomic mass is 10.8. The van der Waals surface area contributed by atoms with Gasteiger partial charge >= 0.3 is 0 Å². The molecule has 0 aliphatic carbocycles. The average Bonchev–Trinajstić information content (AvgIpc) is 1.97. The van der Waals surface area contributed by atoms with E-state index in [1.807, 2.05) is 4.72 Å². The number of nitrogens with one attached hydrogen (secondary N) is 1. The van der Waals surface area contributed by atoms with Crippen molar-refractivity contribution in [2.45, 2.75) is 0 Å². The third-order valence-corrected chi connectivity index (χ3v) is 5.14. The van der Waals surface area contributed by atoms with E-state index in [4.69, 9.17) is 10.7 Å². The van der Waals surface area contributed by atoms with E-state index in [0.29, 0.717) is 0 Å². The zero-order valence-corrected chi connectivity index (χ0v) is 11.6. The molecule has 0 atom stereocenters. The highest BCUT2D eigenvalue weighted by atomic mass is 35.7. The number of rotatable bonds is 7. The van der Waals surface area contributed by atoms with Gasteiger partial charge in [0.1, 0.15) is 9.84 Å². The lowest BCUT2D eigenvalue weighted by Crippen LogP contribution is -2.32. The lowest BCUT2D eigenvalue weighted by molar-refractivity contribution is 0.579. The molecule has 7 nitrogen and oxygen atoms in total. The monoisotopic (exact) mass is 313 g/mol. The Balaban J connectivity index is 4.18. The second kappa shape index (κ2) is 5.63. The van der Waals surface area contributed by atoms with Crippen LogP contribution in [-0.4, -0.2) is 55.3 Å². The Kier molecular flexibility index (Phi) is 5.66. The van der Waals surface area contributed by atoms with Crippen molar-refractivity contribution < 1.29 is 25.3 Å². The normalized spacial score (nSPS) is 13.9. The summed E-state index contributed by atoms with van der Waals surface area (Å²) in [6, 6.07) is 0. The minimum Gasteiger partial charge on any atom is -0.229 e. The number of sulfone groups is 1. The Morgan fingerprint density at radius 2 is 1.44 bits per heavy atom.